The summed E-state index contributed by atoms with van der Waals surface area (Å²) in [7, 11) is -9.90. The second kappa shape index (κ2) is 61.6. The van der Waals surface area contributed by atoms with Gasteiger partial charge in [0, 0.05) is 25.7 Å². The predicted octanol–water partition coefficient (Wildman–Crippen LogP) is 20.5. The van der Waals surface area contributed by atoms with E-state index in [-0.39, 0.29) is 25.7 Å². The van der Waals surface area contributed by atoms with Crippen LogP contribution < -0.4 is 0 Å². The molecule has 0 aromatic rings. The number of esters is 4. The minimum atomic E-state index is -4.95. The van der Waals surface area contributed by atoms with E-state index < -0.39 is 97.5 Å². The molecule has 17 nitrogen and oxygen atoms in total. The Morgan fingerprint density at radius 3 is 0.780 bits per heavy atom. The van der Waals surface area contributed by atoms with Gasteiger partial charge in [0.25, 0.3) is 0 Å². The van der Waals surface area contributed by atoms with Crippen molar-refractivity contribution < 1.29 is 80.2 Å². The Kier molecular flexibility index (Phi) is 60.3. The maximum absolute atomic E-state index is 13.0. The van der Waals surface area contributed by atoms with Gasteiger partial charge in [-0.2, -0.15) is 0 Å². The van der Waals surface area contributed by atoms with Crippen LogP contribution in [0.2, 0.25) is 0 Å². The summed E-state index contributed by atoms with van der Waals surface area (Å²) in [6.07, 6.45) is 44.6. The van der Waals surface area contributed by atoms with Gasteiger partial charge in [0.05, 0.1) is 26.4 Å². The van der Waals surface area contributed by atoms with Crippen LogP contribution in [0.1, 0.15) is 357 Å². The molecule has 3 N–H and O–H groups in total. The Balaban J connectivity index is 5.20. The SMILES string of the molecule is CCC(C)CCCCCCCCCCCCC(=O)OC[C@H](COP(=O)(O)OCC(O)COP(=O)(O)OC[C@@H](COC(=O)CCCCCCCCC(C)C)OC(=O)CCCCCCCCCCCCCCCCCC(C)C)OC(=O)CCCCCCCCC(C)CC. The molecule has 540 valence electrons. The third-order valence-electron chi connectivity index (χ3n) is 17.3. The number of hydrogen-bond acceptors (Lipinski definition) is 15. The molecule has 0 aromatic carbocycles. The fourth-order valence-electron chi connectivity index (χ4n) is 10.8. The first-order chi connectivity index (χ1) is 43.7. The summed E-state index contributed by atoms with van der Waals surface area (Å²) < 4.78 is 68.3. The van der Waals surface area contributed by atoms with Gasteiger partial charge in [0.15, 0.2) is 12.2 Å². The molecule has 5 unspecified atom stereocenters. The van der Waals surface area contributed by atoms with Crippen molar-refractivity contribution >= 4 is 39.5 Å². The van der Waals surface area contributed by atoms with Crippen molar-refractivity contribution in [3.05, 3.63) is 0 Å². The minimum Gasteiger partial charge on any atom is -0.462 e. The molecule has 0 bridgehead atoms. The molecule has 0 spiro atoms. The van der Waals surface area contributed by atoms with Gasteiger partial charge in [-0.05, 0) is 49.4 Å². The first-order valence-corrected chi connectivity index (χ1v) is 40.3. The number of carbonyl (C=O) groups excluding carboxylic acids is 4. The van der Waals surface area contributed by atoms with Gasteiger partial charge in [-0.25, -0.2) is 9.13 Å². The van der Waals surface area contributed by atoms with E-state index in [4.69, 9.17) is 37.0 Å². The highest BCUT2D eigenvalue weighted by atomic mass is 31.2. The normalized spacial score (nSPS) is 14.8. The number of rotatable bonds is 69. The molecule has 0 rings (SSSR count). The van der Waals surface area contributed by atoms with E-state index >= 15 is 0 Å². The standard InChI is InChI=1S/C72H140O17P2/c1-9-64(7)50-42-34-25-21-18-19-22-26-36-44-52-69(74)82-58-68(89-72(77)55-47-39-31-29-35-43-51-65(8)10-2)61-87-91(80,81)85-57-66(73)56-84-90(78,79)86-60-67(59-83-70(75)53-45-37-30-28-33-41-49-63(5)6)88-71(76)54-46-38-27-23-17-15-13-11-12-14-16-20-24-32-40-48-62(3)4/h62-68,73H,9-61H2,1-8H3,(H,78,79)(H,80,81)/t64?,65?,66?,67-,68-/m1/s1. The topological polar surface area (TPSA) is 237 Å². The lowest BCUT2D eigenvalue weighted by Crippen LogP contribution is -2.30. The summed E-state index contributed by atoms with van der Waals surface area (Å²) in [5, 5.41) is 10.6. The zero-order valence-electron chi connectivity index (χ0n) is 59.5. The van der Waals surface area contributed by atoms with Gasteiger partial charge in [0.1, 0.15) is 19.3 Å². The quantitative estimate of drug-likeness (QED) is 0.0222. The monoisotopic (exact) mass is 1340 g/mol. The molecule has 0 heterocycles. The summed E-state index contributed by atoms with van der Waals surface area (Å²) in [6.45, 7) is 14.1. The number of hydrogen-bond donors (Lipinski definition) is 3. The van der Waals surface area contributed by atoms with E-state index in [9.17, 15) is 43.2 Å². The van der Waals surface area contributed by atoms with Crippen molar-refractivity contribution in [1.29, 1.82) is 0 Å². The minimum absolute atomic E-state index is 0.102. The number of phosphoric ester groups is 2. The number of phosphoric acid groups is 2. The number of ether oxygens (including phenoxy) is 4. The molecule has 19 heteroatoms. The second-order valence-corrected chi connectivity index (χ2v) is 30.3. The molecule has 0 aromatic heterocycles. The van der Waals surface area contributed by atoms with E-state index in [0.717, 1.165) is 114 Å². The van der Waals surface area contributed by atoms with E-state index in [1.807, 2.05) is 0 Å². The Morgan fingerprint density at radius 2 is 0.527 bits per heavy atom. The summed E-state index contributed by atoms with van der Waals surface area (Å²) >= 11 is 0. The number of aliphatic hydroxyl groups excluding tert-OH is 1. The average molecular weight is 1340 g/mol. The first-order valence-electron chi connectivity index (χ1n) is 37.3. The predicted molar refractivity (Wildman–Crippen MR) is 367 cm³/mol. The lowest BCUT2D eigenvalue weighted by Gasteiger charge is -2.21. The molecule has 0 aliphatic carbocycles. The largest absolute Gasteiger partial charge is 0.472 e. The first kappa shape index (κ1) is 89.1. The molecule has 0 amide bonds. The molecule has 7 atom stereocenters. The van der Waals surface area contributed by atoms with Crippen LogP contribution in [-0.2, 0) is 65.4 Å². The third-order valence-corrected chi connectivity index (χ3v) is 19.2. The number of aliphatic hydroxyl groups is 1. The van der Waals surface area contributed by atoms with Crippen LogP contribution in [0.25, 0.3) is 0 Å². The Hall–Kier alpha value is -1.94. The third kappa shape index (κ3) is 63.9. The molecule has 0 aliphatic heterocycles. The summed E-state index contributed by atoms with van der Waals surface area (Å²) in [6, 6.07) is 0. The van der Waals surface area contributed by atoms with Crippen LogP contribution in [0.4, 0.5) is 0 Å². The highest BCUT2D eigenvalue weighted by Crippen LogP contribution is 2.45. The molecule has 0 aliphatic rings. The lowest BCUT2D eigenvalue weighted by molar-refractivity contribution is -0.161. The smallest absolute Gasteiger partial charge is 0.462 e. The van der Waals surface area contributed by atoms with Crippen LogP contribution >= 0.6 is 15.6 Å². The van der Waals surface area contributed by atoms with E-state index in [1.54, 1.807) is 0 Å². The van der Waals surface area contributed by atoms with Gasteiger partial charge >= 0.3 is 39.5 Å². The van der Waals surface area contributed by atoms with Gasteiger partial charge in [-0.3, -0.25) is 37.3 Å². The zero-order chi connectivity index (χ0) is 67.5. The van der Waals surface area contributed by atoms with Crippen LogP contribution in [0.15, 0.2) is 0 Å². The average Bonchev–Trinajstić information content (AvgIpc) is 3.00. The van der Waals surface area contributed by atoms with Crippen molar-refractivity contribution in [1.82, 2.24) is 0 Å². The highest BCUT2D eigenvalue weighted by Gasteiger charge is 2.30. The van der Waals surface area contributed by atoms with Gasteiger partial charge in [0.2, 0.25) is 0 Å². The number of unbranched alkanes of at least 4 members (excludes halogenated alkanes) is 33. The van der Waals surface area contributed by atoms with Crippen LogP contribution in [0.3, 0.4) is 0 Å². The highest BCUT2D eigenvalue weighted by molar-refractivity contribution is 7.47. The maximum atomic E-state index is 13.0. The Bertz CT molecular complexity index is 1800. The number of carbonyl (C=O) groups is 4. The van der Waals surface area contributed by atoms with E-state index in [2.05, 4.69) is 55.4 Å². The summed E-state index contributed by atoms with van der Waals surface area (Å²) in [4.78, 5) is 72.6. The molecular weight excluding hydrogens is 1200 g/mol. The fourth-order valence-corrected chi connectivity index (χ4v) is 12.4. The molecule has 0 fully saturated rings. The van der Waals surface area contributed by atoms with Crippen molar-refractivity contribution in [3.8, 4) is 0 Å². The molecule has 0 saturated heterocycles. The molecular formula is C72H140O17P2. The molecule has 91 heavy (non-hydrogen) atoms. The van der Waals surface area contributed by atoms with Crippen molar-refractivity contribution in [2.75, 3.05) is 39.6 Å². The fraction of sp³-hybridized carbons (Fsp3) is 0.944. The van der Waals surface area contributed by atoms with Crippen molar-refractivity contribution in [2.24, 2.45) is 23.7 Å². The van der Waals surface area contributed by atoms with Gasteiger partial charge < -0.3 is 33.8 Å². The summed E-state index contributed by atoms with van der Waals surface area (Å²) in [5.74, 6) is 0.881. The van der Waals surface area contributed by atoms with Crippen LogP contribution in [0.5, 0.6) is 0 Å². The van der Waals surface area contributed by atoms with Crippen LogP contribution in [-0.4, -0.2) is 96.7 Å². The lowest BCUT2D eigenvalue weighted by atomic mass is 9.99. The van der Waals surface area contributed by atoms with Gasteiger partial charge in [-0.1, -0.05) is 306 Å². The molecule has 0 radical (unpaired) electrons. The second-order valence-electron chi connectivity index (χ2n) is 27.4. The zero-order valence-corrected chi connectivity index (χ0v) is 61.3. The maximum Gasteiger partial charge on any atom is 0.472 e. The van der Waals surface area contributed by atoms with Crippen molar-refractivity contribution in [2.45, 2.75) is 375 Å². The summed E-state index contributed by atoms with van der Waals surface area (Å²) in [5.41, 5.74) is 0. The van der Waals surface area contributed by atoms with Crippen molar-refractivity contribution in [3.63, 3.8) is 0 Å². The van der Waals surface area contributed by atoms with E-state index in [1.165, 1.54) is 154 Å². The Labute approximate surface area is 556 Å². The van der Waals surface area contributed by atoms with Crippen LogP contribution in [0, 0.1) is 23.7 Å². The van der Waals surface area contributed by atoms with Gasteiger partial charge in [-0.15, -0.1) is 0 Å². The Morgan fingerprint density at radius 1 is 0.308 bits per heavy atom. The van der Waals surface area contributed by atoms with E-state index in [0.29, 0.717) is 31.6 Å². The molecule has 0 saturated carbocycles.